The van der Waals surface area contributed by atoms with E-state index in [-0.39, 0.29) is 5.41 Å². The summed E-state index contributed by atoms with van der Waals surface area (Å²) in [4.78, 5) is 12.2. The highest BCUT2D eigenvalue weighted by molar-refractivity contribution is 5.91. The Labute approximate surface area is 113 Å². The number of carbonyl (C=O) groups excluding carboxylic acids is 1. The van der Waals surface area contributed by atoms with Crippen LogP contribution in [-0.4, -0.2) is 5.78 Å². The number of ketones is 1. The fourth-order valence-corrected chi connectivity index (χ4v) is 4.23. The van der Waals surface area contributed by atoms with Crippen LogP contribution < -0.4 is 0 Å². The molecule has 0 radical (unpaired) electrons. The van der Waals surface area contributed by atoms with Crippen molar-refractivity contribution in [3.8, 4) is 0 Å². The summed E-state index contributed by atoms with van der Waals surface area (Å²) in [6.07, 6.45) is 3.89. The molecule has 0 bridgehead atoms. The molecule has 1 nitrogen and oxygen atoms in total. The Balaban J connectivity index is 1.97. The van der Waals surface area contributed by atoms with Crippen LogP contribution in [0.3, 0.4) is 0 Å². The van der Waals surface area contributed by atoms with Crippen LogP contribution in [0.5, 0.6) is 0 Å². The molecule has 1 fully saturated rings. The molecule has 2 aromatic rings. The van der Waals surface area contributed by atoms with E-state index in [4.69, 9.17) is 0 Å². The molecule has 2 aliphatic rings. The lowest BCUT2D eigenvalue weighted by Gasteiger charge is -2.37. The molecule has 0 aliphatic heterocycles. The minimum absolute atomic E-state index is 0.0878. The summed E-state index contributed by atoms with van der Waals surface area (Å²) >= 11 is 0. The number of fused-ring (bicyclic) bond motifs is 5. The highest BCUT2D eigenvalue weighted by atomic mass is 16.1. The van der Waals surface area contributed by atoms with E-state index in [1.54, 1.807) is 0 Å². The molecule has 1 saturated carbocycles. The van der Waals surface area contributed by atoms with E-state index in [9.17, 15) is 4.79 Å². The molecule has 0 unspecified atom stereocenters. The number of Topliss-reactive ketones (excluding diaryl/α,β-unsaturated/α-hetero) is 1. The van der Waals surface area contributed by atoms with Crippen LogP contribution in [0.1, 0.15) is 43.2 Å². The molecule has 4 rings (SSSR count). The zero-order chi connectivity index (χ0) is 13.0. The first-order valence-electron chi connectivity index (χ1n) is 7.24. The summed E-state index contributed by atoms with van der Waals surface area (Å²) < 4.78 is 0. The van der Waals surface area contributed by atoms with Crippen molar-refractivity contribution in [2.75, 3.05) is 0 Å². The Morgan fingerprint density at radius 2 is 1.95 bits per heavy atom. The quantitative estimate of drug-likeness (QED) is 0.683. The van der Waals surface area contributed by atoms with E-state index in [1.165, 1.54) is 21.9 Å². The second-order valence-electron chi connectivity index (χ2n) is 6.29. The van der Waals surface area contributed by atoms with E-state index >= 15 is 0 Å². The molecule has 0 N–H and O–H groups in total. The normalized spacial score (nSPS) is 29.3. The Hall–Kier alpha value is -1.63. The Kier molecular flexibility index (Phi) is 2.18. The average molecular weight is 250 g/mol. The van der Waals surface area contributed by atoms with Gasteiger partial charge in [-0.3, -0.25) is 4.79 Å². The monoisotopic (exact) mass is 250 g/mol. The van der Waals surface area contributed by atoms with Crippen LogP contribution in [0, 0.1) is 5.41 Å². The Morgan fingerprint density at radius 1 is 1.11 bits per heavy atom. The predicted octanol–water partition coefficient (Wildman–Crippen LogP) is 4.24. The molecular formula is C18H18O. The van der Waals surface area contributed by atoms with Crippen LogP contribution in [-0.2, 0) is 11.2 Å². The van der Waals surface area contributed by atoms with Gasteiger partial charge < -0.3 is 0 Å². The van der Waals surface area contributed by atoms with Crippen molar-refractivity contribution in [2.45, 2.75) is 38.5 Å². The summed E-state index contributed by atoms with van der Waals surface area (Å²) in [5.74, 6) is 0.935. The molecule has 2 aromatic carbocycles. The van der Waals surface area contributed by atoms with E-state index in [2.05, 4.69) is 43.3 Å². The van der Waals surface area contributed by atoms with Crippen LogP contribution in [0.2, 0.25) is 0 Å². The summed E-state index contributed by atoms with van der Waals surface area (Å²) in [6, 6.07) is 13.1. The lowest BCUT2D eigenvalue weighted by Crippen LogP contribution is -2.32. The standard InChI is InChI=1S/C18H18O/c1-18-11-10-14-13-5-3-2-4-12(13)6-7-15(14)16(18)8-9-17(18)19/h2-7,16H,8-11H2,1H3/t16-,18-/m0/s1. The summed E-state index contributed by atoms with van der Waals surface area (Å²) in [5.41, 5.74) is 2.85. The van der Waals surface area contributed by atoms with Gasteiger partial charge in [0.15, 0.2) is 0 Å². The number of hydrogen-bond donors (Lipinski definition) is 0. The zero-order valence-corrected chi connectivity index (χ0v) is 11.3. The van der Waals surface area contributed by atoms with Crippen molar-refractivity contribution in [2.24, 2.45) is 5.41 Å². The number of benzene rings is 2. The molecule has 0 amide bonds. The Morgan fingerprint density at radius 3 is 2.84 bits per heavy atom. The van der Waals surface area contributed by atoms with Crippen LogP contribution in [0.15, 0.2) is 36.4 Å². The van der Waals surface area contributed by atoms with Crippen molar-refractivity contribution < 1.29 is 4.79 Å². The van der Waals surface area contributed by atoms with Crippen molar-refractivity contribution in [3.05, 3.63) is 47.5 Å². The molecule has 2 atom stereocenters. The van der Waals surface area contributed by atoms with Gasteiger partial charge in [-0.2, -0.15) is 0 Å². The lowest BCUT2D eigenvalue weighted by molar-refractivity contribution is -0.126. The van der Waals surface area contributed by atoms with Gasteiger partial charge in [-0.1, -0.05) is 43.3 Å². The minimum Gasteiger partial charge on any atom is -0.299 e. The van der Waals surface area contributed by atoms with Gasteiger partial charge in [-0.05, 0) is 47.1 Å². The van der Waals surface area contributed by atoms with E-state index in [0.29, 0.717) is 11.7 Å². The van der Waals surface area contributed by atoms with Gasteiger partial charge in [0.2, 0.25) is 0 Å². The van der Waals surface area contributed by atoms with Crippen molar-refractivity contribution in [1.29, 1.82) is 0 Å². The highest BCUT2D eigenvalue weighted by Crippen LogP contribution is 2.54. The van der Waals surface area contributed by atoms with Crippen molar-refractivity contribution in [3.63, 3.8) is 0 Å². The molecular weight excluding hydrogens is 232 g/mol. The summed E-state index contributed by atoms with van der Waals surface area (Å²) in [5, 5.41) is 2.72. The molecule has 1 heteroatoms. The molecule has 2 aliphatic carbocycles. The van der Waals surface area contributed by atoms with Gasteiger partial charge in [0.1, 0.15) is 5.78 Å². The molecule has 19 heavy (non-hydrogen) atoms. The Bertz CT molecular complexity index is 685. The third-order valence-corrected chi connectivity index (χ3v) is 5.41. The van der Waals surface area contributed by atoms with E-state index in [1.807, 2.05) is 0 Å². The van der Waals surface area contributed by atoms with Crippen LogP contribution in [0.4, 0.5) is 0 Å². The number of hydrogen-bond acceptors (Lipinski definition) is 1. The second-order valence-corrected chi connectivity index (χ2v) is 6.29. The van der Waals surface area contributed by atoms with Gasteiger partial charge in [0, 0.05) is 11.8 Å². The number of aryl methyl sites for hydroxylation is 1. The van der Waals surface area contributed by atoms with Gasteiger partial charge >= 0.3 is 0 Å². The van der Waals surface area contributed by atoms with Gasteiger partial charge in [-0.25, -0.2) is 0 Å². The maximum Gasteiger partial charge on any atom is 0.139 e. The maximum atomic E-state index is 12.2. The van der Waals surface area contributed by atoms with Crippen LogP contribution >= 0.6 is 0 Å². The summed E-state index contributed by atoms with van der Waals surface area (Å²) in [7, 11) is 0. The first-order chi connectivity index (χ1) is 9.20. The van der Waals surface area contributed by atoms with Crippen LogP contribution in [0.25, 0.3) is 10.8 Å². The molecule has 0 heterocycles. The summed E-state index contributed by atoms with van der Waals surface area (Å²) in [6.45, 7) is 2.19. The molecule has 0 saturated heterocycles. The van der Waals surface area contributed by atoms with Gasteiger partial charge in [-0.15, -0.1) is 0 Å². The van der Waals surface area contributed by atoms with Gasteiger partial charge in [0.05, 0.1) is 0 Å². The smallest absolute Gasteiger partial charge is 0.139 e. The molecule has 0 spiro atoms. The predicted molar refractivity (Wildman–Crippen MR) is 77.4 cm³/mol. The molecule has 0 aromatic heterocycles. The van der Waals surface area contributed by atoms with E-state index in [0.717, 1.165) is 25.7 Å². The van der Waals surface area contributed by atoms with Gasteiger partial charge in [0.25, 0.3) is 0 Å². The fourth-order valence-electron chi connectivity index (χ4n) is 4.23. The number of carbonyl (C=O) groups is 1. The number of rotatable bonds is 0. The SMILES string of the molecule is C[C@]12CCc3c(ccc4ccccc34)[C@@H]1CCC2=O. The minimum atomic E-state index is -0.0878. The highest BCUT2D eigenvalue weighted by Gasteiger charge is 2.49. The van der Waals surface area contributed by atoms with Crippen molar-refractivity contribution >= 4 is 16.6 Å². The van der Waals surface area contributed by atoms with E-state index < -0.39 is 0 Å². The first-order valence-corrected chi connectivity index (χ1v) is 7.24. The third kappa shape index (κ3) is 1.39. The fraction of sp³-hybridized carbons (Fsp3) is 0.389. The first kappa shape index (κ1) is 11.2. The topological polar surface area (TPSA) is 17.1 Å². The lowest BCUT2D eigenvalue weighted by atomic mass is 9.66. The largest absolute Gasteiger partial charge is 0.299 e. The maximum absolute atomic E-state index is 12.2. The molecule has 96 valence electrons. The zero-order valence-electron chi connectivity index (χ0n) is 11.3. The average Bonchev–Trinajstić information content (AvgIpc) is 2.75. The second kappa shape index (κ2) is 3.69. The third-order valence-electron chi connectivity index (χ3n) is 5.41. The van der Waals surface area contributed by atoms with Crippen molar-refractivity contribution in [1.82, 2.24) is 0 Å².